The van der Waals surface area contributed by atoms with Gasteiger partial charge in [0.15, 0.2) is 0 Å². The fourth-order valence-electron chi connectivity index (χ4n) is 1.81. The second-order valence-electron chi connectivity index (χ2n) is 4.42. The van der Waals surface area contributed by atoms with Crippen molar-refractivity contribution >= 4 is 33.2 Å². The van der Waals surface area contributed by atoms with Crippen LogP contribution in [0.3, 0.4) is 0 Å². The molecule has 0 saturated heterocycles. The first-order valence-corrected chi connectivity index (χ1v) is 7.88. The quantitative estimate of drug-likeness (QED) is 0.887. The van der Waals surface area contributed by atoms with Gasteiger partial charge in [-0.3, -0.25) is 4.79 Å². The Morgan fingerprint density at radius 2 is 2.20 bits per heavy atom. The number of benzene rings is 1. The molecule has 0 unspecified atom stereocenters. The Hall–Kier alpha value is -1.33. The summed E-state index contributed by atoms with van der Waals surface area (Å²) in [5.74, 6) is 0.818. The summed E-state index contributed by atoms with van der Waals surface area (Å²) >= 11 is 4.89. The summed E-state index contributed by atoms with van der Waals surface area (Å²) in [6.45, 7) is 2.59. The van der Waals surface area contributed by atoms with Crippen molar-refractivity contribution in [3.8, 4) is 5.75 Å². The Labute approximate surface area is 131 Å². The van der Waals surface area contributed by atoms with E-state index in [9.17, 15) is 4.79 Å². The molecule has 1 aromatic heterocycles. The van der Waals surface area contributed by atoms with Gasteiger partial charge in [-0.05, 0) is 58.6 Å². The average molecular weight is 354 g/mol. The van der Waals surface area contributed by atoms with Crippen molar-refractivity contribution in [3.05, 3.63) is 50.1 Å². The normalized spacial score (nSPS) is 10.3. The largest absolute Gasteiger partial charge is 0.497 e. The zero-order chi connectivity index (χ0) is 14.5. The zero-order valence-electron chi connectivity index (χ0n) is 11.4. The number of aryl methyl sites for hydroxylation is 1. The van der Waals surface area contributed by atoms with Crippen molar-refractivity contribution in [1.82, 2.24) is 5.32 Å². The van der Waals surface area contributed by atoms with E-state index in [4.69, 9.17) is 4.74 Å². The highest BCUT2D eigenvalue weighted by atomic mass is 79.9. The van der Waals surface area contributed by atoms with E-state index in [-0.39, 0.29) is 5.91 Å². The predicted molar refractivity (Wildman–Crippen MR) is 85.8 cm³/mol. The lowest BCUT2D eigenvalue weighted by Gasteiger charge is -2.05. The van der Waals surface area contributed by atoms with Crippen LogP contribution in [0.5, 0.6) is 5.75 Å². The Bertz CT molecular complexity index is 590. The predicted octanol–water partition coefficient (Wildman–Crippen LogP) is 3.80. The lowest BCUT2D eigenvalue weighted by molar-refractivity contribution is 0.0958. The first-order valence-electron chi connectivity index (χ1n) is 6.27. The smallest absolute Gasteiger partial charge is 0.261 e. The molecule has 0 fully saturated rings. The van der Waals surface area contributed by atoms with Crippen LogP contribution in [0, 0.1) is 6.92 Å². The van der Waals surface area contributed by atoms with Gasteiger partial charge in [0.2, 0.25) is 0 Å². The van der Waals surface area contributed by atoms with Crippen molar-refractivity contribution in [1.29, 1.82) is 0 Å². The highest BCUT2D eigenvalue weighted by Gasteiger charge is 2.10. The van der Waals surface area contributed by atoms with Crippen LogP contribution in [-0.4, -0.2) is 19.6 Å². The zero-order valence-corrected chi connectivity index (χ0v) is 13.8. The van der Waals surface area contributed by atoms with E-state index in [1.807, 2.05) is 37.3 Å². The molecule has 106 valence electrons. The second-order valence-corrected chi connectivity index (χ2v) is 6.79. The van der Waals surface area contributed by atoms with Crippen molar-refractivity contribution < 1.29 is 9.53 Å². The summed E-state index contributed by atoms with van der Waals surface area (Å²) in [4.78, 5) is 12.7. The van der Waals surface area contributed by atoms with Crippen LogP contribution in [0.2, 0.25) is 0 Å². The van der Waals surface area contributed by atoms with E-state index in [0.717, 1.165) is 32.0 Å². The van der Waals surface area contributed by atoms with Crippen molar-refractivity contribution in [2.75, 3.05) is 13.7 Å². The number of ether oxygens (including phenoxy) is 1. The van der Waals surface area contributed by atoms with Crippen LogP contribution >= 0.6 is 27.3 Å². The summed E-state index contributed by atoms with van der Waals surface area (Å²) in [6, 6.07) is 9.78. The molecule has 1 aromatic carbocycles. The molecule has 2 aromatic rings. The van der Waals surface area contributed by atoms with E-state index in [1.165, 1.54) is 11.3 Å². The van der Waals surface area contributed by atoms with Crippen LogP contribution in [0.15, 0.2) is 34.1 Å². The Kier molecular flexibility index (Phi) is 5.20. The summed E-state index contributed by atoms with van der Waals surface area (Å²) in [5.41, 5.74) is 2.24. The van der Waals surface area contributed by atoms with E-state index in [0.29, 0.717) is 6.54 Å². The third kappa shape index (κ3) is 3.84. The van der Waals surface area contributed by atoms with Crippen LogP contribution in [-0.2, 0) is 6.42 Å². The van der Waals surface area contributed by atoms with Gasteiger partial charge in [0.05, 0.1) is 15.8 Å². The third-order valence-corrected chi connectivity index (χ3v) is 5.05. The second kappa shape index (κ2) is 6.90. The molecule has 0 aliphatic rings. The molecule has 1 amide bonds. The van der Waals surface area contributed by atoms with Crippen LogP contribution < -0.4 is 10.1 Å². The maximum atomic E-state index is 12.0. The fourth-order valence-corrected chi connectivity index (χ4v) is 3.26. The van der Waals surface area contributed by atoms with Gasteiger partial charge in [-0.2, -0.15) is 0 Å². The number of halogens is 1. The highest BCUT2D eigenvalue weighted by Crippen LogP contribution is 2.27. The minimum atomic E-state index is -0.0216. The van der Waals surface area contributed by atoms with Crippen LogP contribution in [0.1, 0.15) is 20.8 Å². The molecule has 0 atom stereocenters. The number of methoxy groups -OCH3 is 1. The monoisotopic (exact) mass is 353 g/mol. The number of carbonyl (C=O) groups excluding carboxylic acids is 1. The maximum absolute atomic E-state index is 12.0. The van der Waals surface area contributed by atoms with Gasteiger partial charge >= 0.3 is 0 Å². The molecule has 0 aliphatic carbocycles. The summed E-state index contributed by atoms with van der Waals surface area (Å²) < 4.78 is 6.19. The number of carbonyl (C=O) groups is 1. The standard InChI is InChI=1S/C15H16BrNO2S/c1-10-8-13(20-14(10)16)15(18)17-7-6-11-4-3-5-12(9-11)19-2/h3-5,8-9H,6-7H2,1-2H3,(H,17,18). The number of thiophene rings is 1. The van der Waals surface area contributed by atoms with E-state index >= 15 is 0 Å². The molecular formula is C15H16BrNO2S. The topological polar surface area (TPSA) is 38.3 Å². The average Bonchev–Trinajstić information content (AvgIpc) is 2.79. The Morgan fingerprint density at radius 1 is 1.40 bits per heavy atom. The molecule has 0 bridgehead atoms. The first-order chi connectivity index (χ1) is 9.60. The van der Waals surface area contributed by atoms with Crippen LogP contribution in [0.4, 0.5) is 0 Å². The van der Waals surface area contributed by atoms with Crippen molar-refractivity contribution in [2.24, 2.45) is 0 Å². The molecule has 20 heavy (non-hydrogen) atoms. The summed E-state index contributed by atoms with van der Waals surface area (Å²) in [6.07, 6.45) is 0.786. The molecule has 3 nitrogen and oxygen atoms in total. The molecule has 0 spiro atoms. The van der Waals surface area contributed by atoms with Crippen molar-refractivity contribution in [2.45, 2.75) is 13.3 Å². The minimum absolute atomic E-state index is 0.0216. The minimum Gasteiger partial charge on any atom is -0.497 e. The van der Waals surface area contributed by atoms with Crippen molar-refractivity contribution in [3.63, 3.8) is 0 Å². The van der Waals surface area contributed by atoms with Gasteiger partial charge in [0.1, 0.15) is 5.75 Å². The number of hydrogen-bond acceptors (Lipinski definition) is 3. The van der Waals surface area contributed by atoms with Gasteiger partial charge in [-0.15, -0.1) is 11.3 Å². The lowest BCUT2D eigenvalue weighted by Crippen LogP contribution is -2.24. The van der Waals surface area contributed by atoms with Gasteiger partial charge in [0, 0.05) is 6.54 Å². The Morgan fingerprint density at radius 3 is 2.85 bits per heavy atom. The molecular weight excluding hydrogens is 338 g/mol. The number of rotatable bonds is 5. The van der Waals surface area contributed by atoms with Crippen LogP contribution in [0.25, 0.3) is 0 Å². The molecule has 0 radical (unpaired) electrons. The van der Waals surface area contributed by atoms with E-state index < -0.39 is 0 Å². The summed E-state index contributed by atoms with van der Waals surface area (Å²) in [7, 11) is 1.65. The molecule has 1 heterocycles. The highest BCUT2D eigenvalue weighted by molar-refractivity contribution is 9.11. The maximum Gasteiger partial charge on any atom is 0.261 e. The molecule has 2 rings (SSSR count). The molecule has 1 N–H and O–H groups in total. The lowest BCUT2D eigenvalue weighted by atomic mass is 10.1. The number of amides is 1. The fraction of sp³-hybridized carbons (Fsp3) is 0.267. The SMILES string of the molecule is COc1cccc(CCNC(=O)c2cc(C)c(Br)s2)c1. The summed E-state index contributed by atoms with van der Waals surface area (Å²) in [5, 5.41) is 2.94. The van der Waals surface area contributed by atoms with Gasteiger partial charge < -0.3 is 10.1 Å². The van der Waals surface area contributed by atoms with Gasteiger partial charge in [-0.1, -0.05) is 12.1 Å². The van der Waals surface area contributed by atoms with E-state index in [2.05, 4.69) is 21.2 Å². The first kappa shape index (κ1) is 15.1. The van der Waals surface area contributed by atoms with E-state index in [1.54, 1.807) is 7.11 Å². The third-order valence-electron chi connectivity index (χ3n) is 2.91. The van der Waals surface area contributed by atoms with Gasteiger partial charge in [0.25, 0.3) is 5.91 Å². The number of nitrogens with one attached hydrogen (secondary N) is 1. The van der Waals surface area contributed by atoms with Gasteiger partial charge in [-0.25, -0.2) is 0 Å². The molecule has 0 saturated carbocycles. The molecule has 0 aliphatic heterocycles. The Balaban J connectivity index is 1.87. The molecule has 5 heteroatoms. The number of hydrogen-bond donors (Lipinski definition) is 1.